The van der Waals surface area contributed by atoms with Crippen molar-refractivity contribution in [3.63, 3.8) is 0 Å². The van der Waals surface area contributed by atoms with Gasteiger partial charge in [0.2, 0.25) is 5.91 Å². The smallest absolute Gasteiger partial charge is 0.353 e. The average molecular weight is 292 g/mol. The fourth-order valence-electron chi connectivity index (χ4n) is 2.62. The van der Waals surface area contributed by atoms with E-state index in [1.54, 1.807) is 14.1 Å². The summed E-state index contributed by atoms with van der Waals surface area (Å²) in [4.78, 5) is 37.2. The zero-order valence-electron chi connectivity index (χ0n) is 12.0. The number of nitrogens with zero attached hydrogens (tertiary/aromatic N) is 2. The minimum atomic E-state index is -1.25. The second-order valence-corrected chi connectivity index (χ2v) is 5.33. The first-order valence-corrected chi connectivity index (χ1v) is 6.46. The molecule has 0 spiro atoms. The first-order valence-electron chi connectivity index (χ1n) is 6.46. The molecule has 0 aliphatic carbocycles. The molecule has 0 aromatic rings. The Kier molecular flexibility index (Phi) is 3.75. The molecule has 0 bridgehead atoms. The number of hydrogen-bond donors (Lipinski definition) is 2. The maximum Gasteiger partial charge on any atom is 0.353 e. The number of carboxylic acids is 1. The van der Waals surface area contributed by atoms with Crippen molar-refractivity contribution < 1.29 is 24.6 Å². The van der Waals surface area contributed by atoms with Crippen LogP contribution < -0.4 is 0 Å². The van der Waals surface area contributed by atoms with Crippen LogP contribution in [0.3, 0.4) is 0 Å². The van der Waals surface area contributed by atoms with Gasteiger partial charge in [-0.05, 0) is 6.92 Å². The molecule has 21 heavy (non-hydrogen) atoms. The predicted octanol–water partition coefficient (Wildman–Crippen LogP) is -0.972. The van der Waals surface area contributed by atoms with Crippen molar-refractivity contribution in [2.45, 2.75) is 25.5 Å². The minimum absolute atomic E-state index is 0.180. The third-order valence-corrected chi connectivity index (χ3v) is 3.66. The van der Waals surface area contributed by atoms with E-state index in [1.807, 2.05) is 0 Å². The number of aliphatic carboxylic acids is 1. The predicted molar refractivity (Wildman–Crippen MR) is 71.6 cm³/mol. The van der Waals surface area contributed by atoms with Crippen LogP contribution in [0.1, 0.15) is 13.3 Å². The number of carbonyl (C=O) groups excluding carboxylic acids is 2. The molecule has 2 N–H and O–H groups in total. The van der Waals surface area contributed by atoms with Crippen molar-refractivity contribution in [2.24, 2.45) is 5.92 Å². The molecule has 2 aliphatic rings. The molecule has 1 fully saturated rings. The first-order chi connectivity index (χ1) is 9.75. The zero-order valence-corrected chi connectivity index (χ0v) is 12.0. The Morgan fingerprint density at radius 1 is 1.43 bits per heavy atom. The van der Waals surface area contributed by atoms with E-state index in [4.69, 9.17) is 0 Å². The van der Waals surface area contributed by atoms with Gasteiger partial charge in [0.1, 0.15) is 5.70 Å². The second-order valence-electron chi connectivity index (χ2n) is 5.33. The highest BCUT2D eigenvalue weighted by Crippen LogP contribution is 2.43. The van der Waals surface area contributed by atoms with Crippen LogP contribution in [0.25, 0.3) is 0 Å². The molecule has 0 aromatic heterocycles. The first kappa shape index (κ1) is 15.1. The van der Waals surface area contributed by atoms with Gasteiger partial charge in [-0.2, -0.15) is 0 Å². The quantitative estimate of drug-likeness (QED) is 0.504. The number of aliphatic hydroxyl groups excluding tert-OH is 1. The fraction of sp³-hybridized carbons (Fsp3) is 0.500. The normalized spacial score (nSPS) is 24.8. The number of hydrogen-bond acceptors (Lipinski definition) is 4. The van der Waals surface area contributed by atoms with Crippen molar-refractivity contribution in [1.82, 2.24) is 9.80 Å². The lowest BCUT2D eigenvalue weighted by Crippen LogP contribution is -2.61. The Morgan fingerprint density at radius 3 is 2.52 bits per heavy atom. The van der Waals surface area contributed by atoms with Crippen LogP contribution in [-0.4, -0.2) is 64.0 Å². The Bertz CT molecular complexity index is 609. The van der Waals surface area contributed by atoms with Crippen LogP contribution in [0, 0.1) is 17.8 Å². The van der Waals surface area contributed by atoms with Gasteiger partial charge >= 0.3 is 5.97 Å². The van der Waals surface area contributed by atoms with Crippen molar-refractivity contribution >= 4 is 17.8 Å². The van der Waals surface area contributed by atoms with Crippen LogP contribution in [0.2, 0.25) is 0 Å². The molecular weight excluding hydrogens is 276 g/mol. The third-order valence-electron chi connectivity index (χ3n) is 3.66. The summed E-state index contributed by atoms with van der Waals surface area (Å²) in [5, 5.41) is 18.8. The Labute approximate surface area is 121 Å². The van der Waals surface area contributed by atoms with Gasteiger partial charge in [0.15, 0.2) is 0 Å². The van der Waals surface area contributed by atoms with Crippen molar-refractivity contribution in [3.8, 4) is 11.8 Å². The lowest BCUT2D eigenvalue weighted by Gasteiger charge is -2.44. The Balaban J connectivity index is 2.31. The van der Waals surface area contributed by atoms with Crippen LogP contribution in [0.15, 0.2) is 11.3 Å². The van der Waals surface area contributed by atoms with E-state index in [9.17, 15) is 24.6 Å². The fourth-order valence-corrected chi connectivity index (χ4v) is 2.62. The maximum absolute atomic E-state index is 11.9. The molecule has 3 atom stereocenters. The second kappa shape index (κ2) is 5.22. The van der Waals surface area contributed by atoms with E-state index < -0.39 is 29.8 Å². The summed E-state index contributed by atoms with van der Waals surface area (Å²) in [7, 11) is 3.08. The van der Waals surface area contributed by atoms with E-state index >= 15 is 0 Å². The Hall–Kier alpha value is -2.33. The van der Waals surface area contributed by atoms with E-state index in [1.165, 1.54) is 11.8 Å². The topological polar surface area (TPSA) is 98.1 Å². The molecule has 0 saturated carbocycles. The third kappa shape index (κ3) is 2.38. The highest BCUT2D eigenvalue weighted by Gasteiger charge is 2.56. The monoisotopic (exact) mass is 292 g/mol. The number of amides is 2. The van der Waals surface area contributed by atoms with Gasteiger partial charge in [-0.15, -0.1) is 0 Å². The molecule has 0 unspecified atom stereocenters. The lowest BCUT2D eigenvalue weighted by atomic mass is 9.83. The lowest BCUT2D eigenvalue weighted by molar-refractivity contribution is -0.161. The molecule has 7 heteroatoms. The standard InChI is InChI=1S/C14H16N2O5/c1-7(17)11-9-6-8(4-5-10(18)15(2)3)12(14(20)21)16(9)13(11)19/h7,9,11,17H,6H2,1-3H3,(H,20,21)/t7-,9-,11-/m1/s1. The summed E-state index contributed by atoms with van der Waals surface area (Å²) >= 11 is 0. The summed E-state index contributed by atoms with van der Waals surface area (Å²) in [6.07, 6.45) is -0.596. The number of carbonyl (C=O) groups is 3. The van der Waals surface area contributed by atoms with Gasteiger partial charge in [-0.1, -0.05) is 5.92 Å². The summed E-state index contributed by atoms with van der Waals surface area (Å²) in [5.74, 6) is 2.19. The van der Waals surface area contributed by atoms with Crippen LogP contribution in [-0.2, 0) is 14.4 Å². The van der Waals surface area contributed by atoms with Gasteiger partial charge in [-0.25, -0.2) is 4.79 Å². The van der Waals surface area contributed by atoms with Gasteiger partial charge < -0.3 is 20.0 Å². The van der Waals surface area contributed by atoms with E-state index in [0.717, 1.165) is 4.90 Å². The van der Waals surface area contributed by atoms with Gasteiger partial charge in [0.05, 0.1) is 18.1 Å². The highest BCUT2D eigenvalue weighted by molar-refractivity contribution is 6.01. The summed E-state index contributed by atoms with van der Waals surface area (Å²) < 4.78 is 0. The SMILES string of the molecule is C[C@@H](O)[C@H]1C(=O)N2C(C(=O)O)=C(C#CC(=O)N(C)C)C[C@H]12. The van der Waals surface area contributed by atoms with E-state index in [2.05, 4.69) is 11.8 Å². The highest BCUT2D eigenvalue weighted by atomic mass is 16.4. The van der Waals surface area contributed by atoms with Crippen LogP contribution in [0.4, 0.5) is 0 Å². The molecule has 0 radical (unpaired) electrons. The van der Waals surface area contributed by atoms with E-state index in [0.29, 0.717) is 0 Å². The maximum atomic E-state index is 11.9. The summed E-state index contributed by atoms with van der Waals surface area (Å²) in [5.41, 5.74) is 0.0696. The molecule has 7 nitrogen and oxygen atoms in total. The van der Waals surface area contributed by atoms with Crippen LogP contribution in [0.5, 0.6) is 0 Å². The summed E-state index contributed by atoms with van der Waals surface area (Å²) in [6.45, 7) is 1.50. The molecule has 2 aliphatic heterocycles. The van der Waals surface area contributed by atoms with Crippen LogP contribution >= 0.6 is 0 Å². The molecule has 2 rings (SSSR count). The van der Waals surface area contributed by atoms with Gasteiger partial charge in [0, 0.05) is 32.0 Å². The number of carboxylic acid groups (broad SMARTS) is 1. The van der Waals surface area contributed by atoms with E-state index in [-0.39, 0.29) is 23.7 Å². The number of β-lactam (4-membered cyclic amide) rings is 1. The Morgan fingerprint density at radius 2 is 2.05 bits per heavy atom. The van der Waals surface area contributed by atoms with Crippen molar-refractivity contribution in [2.75, 3.05) is 14.1 Å². The largest absolute Gasteiger partial charge is 0.477 e. The summed E-state index contributed by atoms with van der Waals surface area (Å²) in [6, 6.07) is -0.387. The zero-order chi connectivity index (χ0) is 15.9. The number of rotatable bonds is 2. The van der Waals surface area contributed by atoms with Crippen molar-refractivity contribution in [3.05, 3.63) is 11.3 Å². The molecule has 112 valence electrons. The molecular formula is C14H16N2O5. The molecule has 0 aromatic carbocycles. The average Bonchev–Trinajstić information content (AvgIpc) is 2.69. The number of fused-ring (bicyclic) bond motifs is 1. The molecule has 2 heterocycles. The van der Waals surface area contributed by atoms with Gasteiger partial charge in [0.25, 0.3) is 5.91 Å². The van der Waals surface area contributed by atoms with Crippen molar-refractivity contribution in [1.29, 1.82) is 0 Å². The van der Waals surface area contributed by atoms with Gasteiger partial charge in [-0.3, -0.25) is 9.59 Å². The number of aliphatic hydroxyl groups is 1. The minimum Gasteiger partial charge on any atom is -0.477 e. The molecule has 2 amide bonds. The molecule has 1 saturated heterocycles.